The maximum Gasteiger partial charge on any atom is 0.0648 e. The molecule has 0 saturated carbocycles. The van der Waals surface area contributed by atoms with Crippen LogP contribution in [0.25, 0.3) is 10.8 Å². The van der Waals surface area contributed by atoms with Gasteiger partial charge in [-0.15, -0.1) is 0 Å². The van der Waals surface area contributed by atoms with Gasteiger partial charge in [-0.25, -0.2) is 0 Å². The lowest BCUT2D eigenvalue weighted by atomic mass is 9.38. The minimum absolute atomic E-state index is 0.627. The molecule has 6 aromatic carbocycles. The van der Waals surface area contributed by atoms with Gasteiger partial charge in [0.1, 0.15) is 0 Å². The minimum Gasteiger partial charge on any atom is -0.0833 e. The number of rotatable bonds is 4. The van der Waals surface area contributed by atoms with E-state index in [1.165, 1.54) is 22.3 Å². The van der Waals surface area contributed by atoms with Crippen molar-refractivity contribution in [1.29, 1.82) is 0 Å². The third-order valence-electron chi connectivity index (χ3n) is 8.23. The van der Waals surface area contributed by atoms with E-state index in [4.69, 9.17) is 23.2 Å². The second kappa shape index (κ2) is 8.88. The van der Waals surface area contributed by atoms with Crippen LogP contribution in [0.1, 0.15) is 33.4 Å². The van der Waals surface area contributed by atoms with Gasteiger partial charge in [0.05, 0.1) is 20.9 Å². The zero-order valence-electron chi connectivity index (χ0n) is 20.6. The van der Waals surface area contributed by atoms with Crippen molar-refractivity contribution < 1.29 is 0 Å². The molecule has 0 radical (unpaired) electrons. The van der Waals surface area contributed by atoms with E-state index in [-0.39, 0.29) is 0 Å². The van der Waals surface area contributed by atoms with Crippen molar-refractivity contribution in [3.63, 3.8) is 0 Å². The first kappa shape index (κ1) is 23.3. The van der Waals surface area contributed by atoms with Crippen LogP contribution in [-0.2, 0) is 10.8 Å². The van der Waals surface area contributed by atoms with Gasteiger partial charge >= 0.3 is 0 Å². The summed E-state index contributed by atoms with van der Waals surface area (Å²) in [5, 5.41) is 3.47. The number of halogens is 2. The molecule has 0 spiro atoms. The van der Waals surface area contributed by atoms with Gasteiger partial charge in [-0.3, -0.25) is 0 Å². The monoisotopic (exact) mass is 526 g/mol. The zero-order chi connectivity index (χ0) is 25.7. The van der Waals surface area contributed by atoms with Crippen LogP contribution in [0.15, 0.2) is 146 Å². The smallest absolute Gasteiger partial charge is 0.0648 e. The molecule has 0 aromatic heterocycles. The summed E-state index contributed by atoms with van der Waals surface area (Å²) in [5.41, 5.74) is 5.62. The summed E-state index contributed by atoms with van der Waals surface area (Å²) in [7, 11) is 0. The molecule has 0 saturated heterocycles. The molecule has 182 valence electrons. The molecule has 2 heteroatoms. The topological polar surface area (TPSA) is 0 Å². The van der Waals surface area contributed by atoms with Crippen LogP contribution >= 0.6 is 23.2 Å². The van der Waals surface area contributed by atoms with Gasteiger partial charge in [-0.05, 0) is 33.4 Å². The van der Waals surface area contributed by atoms with E-state index in [2.05, 4.69) is 133 Å². The Hall–Kier alpha value is -3.84. The first-order valence-corrected chi connectivity index (χ1v) is 13.6. The SMILES string of the molecule is Clc1c2c(c(Cl)c3ccccc13)C(c1ccccc1)(c1ccccc1)C2(c1ccccc1)c1ccccc1. The fraction of sp³-hybridized carbons (Fsp3) is 0.0556. The van der Waals surface area contributed by atoms with E-state index in [9.17, 15) is 0 Å². The first-order valence-electron chi connectivity index (χ1n) is 12.8. The quantitative estimate of drug-likeness (QED) is 0.214. The maximum absolute atomic E-state index is 7.48. The van der Waals surface area contributed by atoms with E-state index >= 15 is 0 Å². The highest BCUT2D eigenvalue weighted by atomic mass is 35.5. The Morgan fingerprint density at radius 2 is 0.553 bits per heavy atom. The molecule has 1 aliphatic carbocycles. The summed E-state index contributed by atoms with van der Waals surface area (Å²) in [6, 6.07) is 51.3. The van der Waals surface area contributed by atoms with Crippen molar-refractivity contribution >= 4 is 34.0 Å². The third kappa shape index (κ3) is 2.88. The Morgan fingerprint density at radius 3 is 0.816 bits per heavy atom. The van der Waals surface area contributed by atoms with Crippen molar-refractivity contribution in [1.82, 2.24) is 0 Å². The van der Waals surface area contributed by atoms with Gasteiger partial charge in [0.25, 0.3) is 0 Å². The second-order valence-electron chi connectivity index (χ2n) is 9.89. The van der Waals surface area contributed by atoms with Gasteiger partial charge < -0.3 is 0 Å². The van der Waals surface area contributed by atoms with Crippen molar-refractivity contribution in [2.45, 2.75) is 10.8 Å². The second-order valence-corrected chi connectivity index (χ2v) is 10.6. The molecular formula is C36H24Cl2. The molecule has 0 nitrogen and oxygen atoms in total. The van der Waals surface area contributed by atoms with E-state index in [1.807, 2.05) is 12.1 Å². The van der Waals surface area contributed by atoms with Gasteiger partial charge in [-0.1, -0.05) is 169 Å². The predicted molar refractivity (Wildman–Crippen MR) is 159 cm³/mol. The van der Waals surface area contributed by atoms with Crippen molar-refractivity contribution in [2.75, 3.05) is 0 Å². The van der Waals surface area contributed by atoms with E-state index in [0.29, 0.717) is 0 Å². The van der Waals surface area contributed by atoms with Gasteiger partial charge in [0, 0.05) is 10.8 Å². The van der Waals surface area contributed by atoms with Crippen molar-refractivity contribution in [3.8, 4) is 0 Å². The molecular weight excluding hydrogens is 503 g/mol. The highest BCUT2D eigenvalue weighted by Gasteiger charge is 2.68. The number of hydrogen-bond acceptors (Lipinski definition) is 0. The summed E-state index contributed by atoms with van der Waals surface area (Å²) in [6.07, 6.45) is 0. The van der Waals surface area contributed by atoms with Crippen molar-refractivity contribution in [3.05, 3.63) is 189 Å². The molecule has 0 amide bonds. The number of benzene rings is 6. The summed E-state index contributed by atoms with van der Waals surface area (Å²) < 4.78 is 0. The molecule has 0 bridgehead atoms. The molecule has 0 unspecified atom stereocenters. The molecule has 6 aromatic rings. The van der Waals surface area contributed by atoms with Crippen molar-refractivity contribution in [2.24, 2.45) is 0 Å². The molecule has 7 rings (SSSR count). The lowest BCUT2D eigenvalue weighted by Gasteiger charge is -2.63. The third-order valence-corrected chi connectivity index (χ3v) is 9.01. The fourth-order valence-corrected chi connectivity index (χ4v) is 7.70. The van der Waals surface area contributed by atoms with E-state index in [1.54, 1.807) is 0 Å². The first-order chi connectivity index (χ1) is 18.7. The Kier molecular flexibility index (Phi) is 5.44. The summed E-state index contributed by atoms with van der Waals surface area (Å²) >= 11 is 15.0. The van der Waals surface area contributed by atoms with E-state index in [0.717, 1.165) is 31.9 Å². The molecule has 0 fully saturated rings. The molecule has 0 aliphatic heterocycles. The minimum atomic E-state index is -0.627. The molecule has 38 heavy (non-hydrogen) atoms. The van der Waals surface area contributed by atoms with Crippen LogP contribution in [0, 0.1) is 0 Å². The molecule has 0 N–H and O–H groups in total. The number of hydrogen-bond donors (Lipinski definition) is 0. The average molecular weight is 527 g/mol. The van der Waals surface area contributed by atoms with Crippen LogP contribution in [0.3, 0.4) is 0 Å². The summed E-state index contributed by atoms with van der Waals surface area (Å²) in [4.78, 5) is 0. The van der Waals surface area contributed by atoms with Crippen LogP contribution in [-0.4, -0.2) is 0 Å². The van der Waals surface area contributed by atoms with E-state index < -0.39 is 10.8 Å². The van der Waals surface area contributed by atoms with Crippen LogP contribution in [0.2, 0.25) is 10.0 Å². The normalized spacial score (nSPS) is 15.0. The molecule has 0 heterocycles. The lowest BCUT2D eigenvalue weighted by molar-refractivity contribution is 0.353. The Labute approximate surface area is 233 Å². The predicted octanol–water partition coefficient (Wildman–Crippen LogP) is 9.83. The van der Waals surface area contributed by atoms with Crippen LogP contribution in [0.5, 0.6) is 0 Å². The van der Waals surface area contributed by atoms with Gasteiger partial charge in [0.15, 0.2) is 0 Å². The zero-order valence-corrected chi connectivity index (χ0v) is 22.1. The number of fused-ring (bicyclic) bond motifs is 2. The van der Waals surface area contributed by atoms with Crippen LogP contribution < -0.4 is 0 Å². The maximum atomic E-state index is 7.48. The van der Waals surface area contributed by atoms with Gasteiger partial charge in [0.2, 0.25) is 0 Å². The fourth-order valence-electron chi connectivity index (χ4n) is 6.90. The van der Waals surface area contributed by atoms with Crippen LogP contribution in [0.4, 0.5) is 0 Å². The Balaban J connectivity index is 1.80. The lowest BCUT2D eigenvalue weighted by Crippen LogP contribution is -2.61. The summed E-state index contributed by atoms with van der Waals surface area (Å²) in [5.74, 6) is 0. The largest absolute Gasteiger partial charge is 0.0833 e. The molecule has 1 aliphatic rings. The average Bonchev–Trinajstić information content (AvgIpc) is 2.98. The summed E-state index contributed by atoms with van der Waals surface area (Å²) in [6.45, 7) is 0. The highest BCUT2D eigenvalue weighted by Crippen LogP contribution is 2.72. The standard InChI is InChI=1S/C36H24Cl2/c37-33-29-23-13-14-24-30(29)34(38)32-31(33)35(25-15-5-1-6-16-25,26-17-7-2-8-18-26)36(32,27-19-9-3-10-20-27)28-21-11-4-12-22-28/h1-24H. The Bertz CT molecular complexity index is 1550. The molecule has 0 atom stereocenters. The Morgan fingerprint density at radius 1 is 0.316 bits per heavy atom. The van der Waals surface area contributed by atoms with Gasteiger partial charge in [-0.2, -0.15) is 0 Å². The highest BCUT2D eigenvalue weighted by molar-refractivity contribution is 6.42.